The van der Waals surface area contributed by atoms with Gasteiger partial charge in [0.05, 0.1) is 0 Å². The summed E-state index contributed by atoms with van der Waals surface area (Å²) in [5.41, 5.74) is 1.27. The van der Waals surface area contributed by atoms with Crippen LogP contribution in [-0.2, 0) is 0 Å². The first kappa shape index (κ1) is 7.32. The molecular formula is C9H16N2. The van der Waals surface area contributed by atoms with E-state index in [1.165, 1.54) is 18.4 Å². The van der Waals surface area contributed by atoms with Crippen molar-refractivity contribution < 1.29 is 0 Å². The highest BCUT2D eigenvalue weighted by Gasteiger charge is 2.34. The number of hydrogen-bond donors (Lipinski definition) is 2. The lowest BCUT2D eigenvalue weighted by atomic mass is 10.0. The molecule has 2 N–H and O–H groups in total. The van der Waals surface area contributed by atoms with Crippen LogP contribution >= 0.6 is 0 Å². The van der Waals surface area contributed by atoms with E-state index in [2.05, 4.69) is 24.1 Å². The van der Waals surface area contributed by atoms with Gasteiger partial charge in [-0.1, -0.05) is 12.2 Å². The van der Waals surface area contributed by atoms with Gasteiger partial charge in [0.25, 0.3) is 0 Å². The van der Waals surface area contributed by atoms with Crippen LogP contribution in [0.3, 0.4) is 0 Å². The second-order valence-electron chi connectivity index (χ2n) is 3.78. The van der Waals surface area contributed by atoms with E-state index in [1.807, 2.05) is 0 Å². The predicted octanol–water partition coefficient (Wildman–Crippen LogP) is 0.655. The summed E-state index contributed by atoms with van der Waals surface area (Å²) in [4.78, 5) is 0. The van der Waals surface area contributed by atoms with Crippen molar-refractivity contribution >= 4 is 0 Å². The number of hydrogen-bond acceptors (Lipinski definition) is 2. The Labute approximate surface area is 68.1 Å². The molecule has 0 aliphatic carbocycles. The molecule has 2 rings (SSSR count). The van der Waals surface area contributed by atoms with Gasteiger partial charge in [0.2, 0.25) is 0 Å². The molecule has 2 heteroatoms. The Morgan fingerprint density at radius 1 is 1.45 bits per heavy atom. The third kappa shape index (κ3) is 1.21. The maximum atomic E-state index is 3.99. The fourth-order valence-electron chi connectivity index (χ4n) is 2.20. The smallest absolute Gasteiger partial charge is 0.0430 e. The molecule has 0 spiro atoms. The summed E-state index contributed by atoms with van der Waals surface area (Å²) in [6.07, 6.45) is 2.65. The molecule has 3 atom stereocenters. The molecule has 62 valence electrons. The molecule has 2 aliphatic heterocycles. The average molecular weight is 152 g/mol. The first-order valence-electron chi connectivity index (χ1n) is 4.42. The lowest BCUT2D eigenvalue weighted by Crippen LogP contribution is -2.56. The van der Waals surface area contributed by atoms with E-state index < -0.39 is 0 Å². The Kier molecular flexibility index (Phi) is 1.74. The first-order chi connectivity index (χ1) is 5.27. The van der Waals surface area contributed by atoms with Crippen LogP contribution in [-0.4, -0.2) is 24.7 Å². The third-order valence-corrected chi connectivity index (χ3v) is 2.79. The maximum absolute atomic E-state index is 3.99. The molecule has 2 saturated heterocycles. The Hall–Kier alpha value is -0.340. The van der Waals surface area contributed by atoms with Gasteiger partial charge in [-0.3, -0.25) is 0 Å². The van der Waals surface area contributed by atoms with Crippen LogP contribution in [0.1, 0.15) is 19.8 Å². The van der Waals surface area contributed by atoms with Gasteiger partial charge < -0.3 is 10.6 Å². The second-order valence-corrected chi connectivity index (χ2v) is 3.78. The number of piperazine rings is 1. The molecule has 2 aliphatic rings. The van der Waals surface area contributed by atoms with Crippen molar-refractivity contribution in [3.63, 3.8) is 0 Å². The molecule has 2 heterocycles. The van der Waals surface area contributed by atoms with E-state index in [4.69, 9.17) is 0 Å². The molecule has 0 aromatic carbocycles. The zero-order valence-electron chi connectivity index (χ0n) is 7.06. The van der Waals surface area contributed by atoms with Crippen molar-refractivity contribution in [2.45, 2.75) is 37.9 Å². The fraction of sp³-hybridized carbons (Fsp3) is 0.778. The summed E-state index contributed by atoms with van der Waals surface area (Å²) in [5.74, 6) is 0. The minimum absolute atomic E-state index is 0.522. The number of fused-ring (bicyclic) bond motifs is 2. The first-order valence-corrected chi connectivity index (χ1v) is 4.42. The van der Waals surface area contributed by atoms with E-state index in [9.17, 15) is 0 Å². The fourth-order valence-corrected chi connectivity index (χ4v) is 2.20. The molecule has 0 unspecified atom stereocenters. The van der Waals surface area contributed by atoms with Gasteiger partial charge in [-0.25, -0.2) is 0 Å². The van der Waals surface area contributed by atoms with Crippen molar-refractivity contribution in [1.29, 1.82) is 0 Å². The molecule has 0 radical (unpaired) electrons. The van der Waals surface area contributed by atoms with Crippen molar-refractivity contribution in [2.24, 2.45) is 0 Å². The Morgan fingerprint density at radius 3 is 3.00 bits per heavy atom. The highest BCUT2D eigenvalue weighted by Crippen LogP contribution is 2.22. The maximum Gasteiger partial charge on any atom is 0.0430 e. The van der Waals surface area contributed by atoms with Gasteiger partial charge in [-0.2, -0.15) is 0 Å². The van der Waals surface area contributed by atoms with Crippen LogP contribution in [0.15, 0.2) is 12.2 Å². The van der Waals surface area contributed by atoms with E-state index in [0.29, 0.717) is 12.1 Å². The molecule has 2 bridgehead atoms. The predicted molar refractivity (Wildman–Crippen MR) is 46.6 cm³/mol. The molecule has 0 amide bonds. The largest absolute Gasteiger partial charge is 0.308 e. The average Bonchev–Trinajstić information content (AvgIpc) is 2.32. The van der Waals surface area contributed by atoms with Crippen LogP contribution in [0.2, 0.25) is 0 Å². The van der Waals surface area contributed by atoms with E-state index >= 15 is 0 Å². The highest BCUT2D eigenvalue weighted by molar-refractivity contribution is 5.12. The molecule has 0 aromatic heterocycles. The number of nitrogens with one attached hydrogen (secondary N) is 2. The molecule has 11 heavy (non-hydrogen) atoms. The van der Waals surface area contributed by atoms with Crippen LogP contribution in [0, 0.1) is 0 Å². The van der Waals surface area contributed by atoms with Gasteiger partial charge in [-0.15, -0.1) is 0 Å². The molecular weight excluding hydrogens is 136 g/mol. The molecule has 2 nitrogen and oxygen atoms in total. The SMILES string of the molecule is C=C(C)[C@H]1NC[C@H]2CC[C@@H]1N2. The number of rotatable bonds is 1. The van der Waals surface area contributed by atoms with Gasteiger partial charge in [-0.05, 0) is 19.8 Å². The van der Waals surface area contributed by atoms with E-state index in [1.54, 1.807) is 0 Å². The summed E-state index contributed by atoms with van der Waals surface area (Å²) in [7, 11) is 0. The summed E-state index contributed by atoms with van der Waals surface area (Å²) >= 11 is 0. The quantitative estimate of drug-likeness (QED) is 0.539. The lowest BCUT2D eigenvalue weighted by Gasteiger charge is -2.31. The van der Waals surface area contributed by atoms with Crippen molar-refractivity contribution in [3.05, 3.63) is 12.2 Å². The zero-order chi connectivity index (χ0) is 7.84. The van der Waals surface area contributed by atoms with Crippen LogP contribution in [0.25, 0.3) is 0 Å². The zero-order valence-corrected chi connectivity index (χ0v) is 7.06. The van der Waals surface area contributed by atoms with Crippen molar-refractivity contribution in [3.8, 4) is 0 Å². The molecule has 0 saturated carbocycles. The highest BCUT2D eigenvalue weighted by atomic mass is 15.1. The van der Waals surface area contributed by atoms with E-state index in [0.717, 1.165) is 12.6 Å². The van der Waals surface area contributed by atoms with Crippen LogP contribution in [0.5, 0.6) is 0 Å². The van der Waals surface area contributed by atoms with Crippen LogP contribution < -0.4 is 10.6 Å². The van der Waals surface area contributed by atoms with Gasteiger partial charge in [0.1, 0.15) is 0 Å². The summed E-state index contributed by atoms with van der Waals surface area (Å²) in [6.45, 7) is 7.22. The lowest BCUT2D eigenvalue weighted by molar-refractivity contribution is 0.361. The second kappa shape index (κ2) is 2.61. The normalized spacial score (nSPS) is 42.5. The van der Waals surface area contributed by atoms with E-state index in [-0.39, 0.29) is 0 Å². The Balaban J connectivity index is 2.07. The third-order valence-electron chi connectivity index (χ3n) is 2.79. The van der Waals surface area contributed by atoms with Crippen molar-refractivity contribution in [1.82, 2.24) is 10.6 Å². The summed E-state index contributed by atoms with van der Waals surface area (Å²) in [6, 6.07) is 1.91. The standard InChI is InChI=1S/C9H16N2/c1-6(2)9-8-4-3-7(11-8)5-10-9/h7-11H,1,3-5H2,2H3/t7-,8+,9-/m1/s1. The van der Waals surface area contributed by atoms with Crippen molar-refractivity contribution in [2.75, 3.05) is 6.54 Å². The monoisotopic (exact) mass is 152 g/mol. The topological polar surface area (TPSA) is 24.1 Å². The molecule has 0 aromatic rings. The van der Waals surface area contributed by atoms with Crippen LogP contribution in [0.4, 0.5) is 0 Å². The summed E-state index contributed by atoms with van der Waals surface area (Å²) < 4.78 is 0. The van der Waals surface area contributed by atoms with Gasteiger partial charge in [0.15, 0.2) is 0 Å². The molecule has 2 fully saturated rings. The minimum atomic E-state index is 0.522. The van der Waals surface area contributed by atoms with Gasteiger partial charge >= 0.3 is 0 Å². The Morgan fingerprint density at radius 2 is 2.27 bits per heavy atom. The minimum Gasteiger partial charge on any atom is -0.308 e. The summed E-state index contributed by atoms with van der Waals surface area (Å²) in [5, 5.41) is 7.12. The van der Waals surface area contributed by atoms with Gasteiger partial charge in [0, 0.05) is 24.7 Å². The Bertz CT molecular complexity index is 176.